The molecule has 0 bridgehead atoms. The number of hydrogen-bond donors (Lipinski definition) is 3. The highest BCUT2D eigenvalue weighted by Gasteiger charge is 2.05. The van der Waals surface area contributed by atoms with Crippen LogP contribution in [0.15, 0.2) is 54.0 Å². The third-order valence-electron chi connectivity index (χ3n) is 2.84. The van der Waals surface area contributed by atoms with Gasteiger partial charge in [-0.25, -0.2) is 4.98 Å². The van der Waals surface area contributed by atoms with Crippen LogP contribution in [0.5, 0.6) is 0 Å². The van der Waals surface area contributed by atoms with Crippen molar-refractivity contribution in [3.8, 4) is 11.4 Å². The van der Waals surface area contributed by atoms with E-state index < -0.39 is 0 Å². The maximum Gasteiger partial charge on any atom is 0.187 e. The topological polar surface area (TPSA) is 75.9 Å². The van der Waals surface area contributed by atoms with Crippen molar-refractivity contribution in [2.24, 2.45) is 5.73 Å². The fraction of sp³-hybridized carbons (Fsp3) is 0. The first kappa shape index (κ1) is 14.4. The molecule has 0 aliphatic rings. The lowest BCUT2D eigenvalue weighted by Crippen LogP contribution is -2.18. The zero-order valence-electron chi connectivity index (χ0n) is 11.5. The molecule has 0 atom stereocenters. The van der Waals surface area contributed by atoms with Gasteiger partial charge in [0.05, 0.1) is 5.69 Å². The zero-order chi connectivity index (χ0) is 15.4. The highest BCUT2D eigenvalue weighted by Crippen LogP contribution is 2.26. The molecule has 0 saturated carbocycles. The predicted octanol–water partition coefficient (Wildman–Crippen LogP) is 3.60. The Kier molecular flexibility index (Phi) is 4.27. The van der Waals surface area contributed by atoms with E-state index in [2.05, 4.69) is 20.6 Å². The van der Waals surface area contributed by atoms with Gasteiger partial charge in [0.2, 0.25) is 0 Å². The Balaban J connectivity index is 1.71. The average molecular weight is 327 g/mol. The Labute approximate surface area is 137 Å². The number of nitrogens with one attached hydrogen (secondary N) is 2. The summed E-state index contributed by atoms with van der Waals surface area (Å²) < 4.78 is 0. The summed E-state index contributed by atoms with van der Waals surface area (Å²) in [6.45, 7) is 0. The standard InChI is InChI=1S/C15H13N5S2/c16-14(21)18-10-4-6-11(7-5-10)19-15-20-13(9-22-15)12-3-1-2-8-17-12/h1-9H,(H,19,20)(H3,16,18,21). The van der Waals surface area contributed by atoms with Crippen LogP contribution in [0, 0.1) is 0 Å². The molecule has 3 rings (SSSR count). The lowest BCUT2D eigenvalue weighted by Gasteiger charge is -2.06. The van der Waals surface area contributed by atoms with E-state index in [-0.39, 0.29) is 5.11 Å². The smallest absolute Gasteiger partial charge is 0.187 e. The molecule has 2 aromatic heterocycles. The summed E-state index contributed by atoms with van der Waals surface area (Å²) in [4.78, 5) is 8.83. The quantitative estimate of drug-likeness (QED) is 0.636. The van der Waals surface area contributed by atoms with Gasteiger partial charge in [0.15, 0.2) is 10.2 Å². The molecule has 0 amide bonds. The summed E-state index contributed by atoms with van der Waals surface area (Å²) in [5.41, 5.74) is 8.95. The van der Waals surface area contributed by atoms with Gasteiger partial charge in [0, 0.05) is 23.0 Å². The van der Waals surface area contributed by atoms with E-state index in [1.165, 1.54) is 11.3 Å². The van der Waals surface area contributed by atoms with Crippen LogP contribution in [0.4, 0.5) is 16.5 Å². The number of nitrogens with zero attached hydrogens (tertiary/aromatic N) is 2. The van der Waals surface area contributed by atoms with Crippen molar-refractivity contribution in [1.29, 1.82) is 0 Å². The molecule has 110 valence electrons. The number of aromatic nitrogens is 2. The van der Waals surface area contributed by atoms with Gasteiger partial charge in [-0.3, -0.25) is 4.98 Å². The Morgan fingerprint density at radius 1 is 1.05 bits per heavy atom. The average Bonchev–Trinajstić information content (AvgIpc) is 2.98. The third-order valence-corrected chi connectivity index (χ3v) is 3.69. The normalized spacial score (nSPS) is 10.2. The molecule has 0 aliphatic heterocycles. The van der Waals surface area contributed by atoms with Crippen LogP contribution in [0.25, 0.3) is 11.4 Å². The largest absolute Gasteiger partial charge is 0.376 e. The molecule has 0 spiro atoms. The molecule has 0 aliphatic carbocycles. The van der Waals surface area contributed by atoms with E-state index >= 15 is 0 Å². The van der Waals surface area contributed by atoms with Crippen molar-refractivity contribution in [3.05, 3.63) is 54.0 Å². The van der Waals surface area contributed by atoms with Gasteiger partial charge in [-0.15, -0.1) is 11.3 Å². The van der Waals surface area contributed by atoms with E-state index in [9.17, 15) is 0 Å². The van der Waals surface area contributed by atoms with Crippen LogP contribution in [-0.2, 0) is 0 Å². The molecule has 22 heavy (non-hydrogen) atoms. The van der Waals surface area contributed by atoms with E-state index in [4.69, 9.17) is 18.0 Å². The van der Waals surface area contributed by atoms with Crippen LogP contribution < -0.4 is 16.4 Å². The Hall–Kier alpha value is -2.51. The Morgan fingerprint density at radius 2 is 1.82 bits per heavy atom. The molecule has 4 N–H and O–H groups in total. The summed E-state index contributed by atoms with van der Waals surface area (Å²) in [7, 11) is 0. The molecule has 0 radical (unpaired) electrons. The van der Waals surface area contributed by atoms with E-state index in [1.807, 2.05) is 47.8 Å². The zero-order valence-corrected chi connectivity index (χ0v) is 13.1. The molecule has 0 fully saturated rings. The van der Waals surface area contributed by atoms with E-state index in [0.717, 1.165) is 27.9 Å². The number of rotatable bonds is 4. The maximum atomic E-state index is 5.43. The molecular formula is C15H13N5S2. The number of anilines is 3. The second kappa shape index (κ2) is 6.50. The van der Waals surface area contributed by atoms with Crippen molar-refractivity contribution in [2.75, 3.05) is 10.6 Å². The molecular weight excluding hydrogens is 314 g/mol. The number of thiazole rings is 1. The molecule has 1 aromatic carbocycles. The van der Waals surface area contributed by atoms with E-state index in [1.54, 1.807) is 6.20 Å². The lowest BCUT2D eigenvalue weighted by atomic mass is 10.3. The predicted molar refractivity (Wildman–Crippen MR) is 95.5 cm³/mol. The number of thiocarbonyl (C=S) groups is 1. The van der Waals surface area contributed by atoms with Crippen LogP contribution in [0.3, 0.4) is 0 Å². The molecule has 5 nitrogen and oxygen atoms in total. The lowest BCUT2D eigenvalue weighted by molar-refractivity contribution is 1.28. The van der Waals surface area contributed by atoms with Crippen molar-refractivity contribution in [1.82, 2.24) is 9.97 Å². The van der Waals surface area contributed by atoms with Crippen LogP contribution >= 0.6 is 23.6 Å². The van der Waals surface area contributed by atoms with Crippen molar-refractivity contribution in [2.45, 2.75) is 0 Å². The number of benzene rings is 1. The minimum absolute atomic E-state index is 0.251. The molecule has 2 heterocycles. The summed E-state index contributed by atoms with van der Waals surface area (Å²) in [5.74, 6) is 0. The minimum Gasteiger partial charge on any atom is -0.376 e. The number of nitrogens with two attached hydrogens (primary N) is 1. The highest BCUT2D eigenvalue weighted by atomic mass is 32.1. The highest BCUT2D eigenvalue weighted by molar-refractivity contribution is 7.80. The SMILES string of the molecule is NC(=S)Nc1ccc(Nc2nc(-c3ccccn3)cs2)cc1. The first-order valence-electron chi connectivity index (χ1n) is 6.51. The van der Waals surface area contributed by atoms with Crippen LogP contribution in [0.2, 0.25) is 0 Å². The molecule has 0 saturated heterocycles. The first-order chi connectivity index (χ1) is 10.7. The van der Waals surface area contributed by atoms with Crippen molar-refractivity contribution < 1.29 is 0 Å². The van der Waals surface area contributed by atoms with Crippen LogP contribution in [0.1, 0.15) is 0 Å². The fourth-order valence-electron chi connectivity index (χ4n) is 1.87. The Morgan fingerprint density at radius 3 is 2.50 bits per heavy atom. The Bertz CT molecular complexity index is 768. The molecule has 3 aromatic rings. The maximum absolute atomic E-state index is 5.43. The summed E-state index contributed by atoms with van der Waals surface area (Å²) in [6.07, 6.45) is 1.76. The summed E-state index contributed by atoms with van der Waals surface area (Å²) in [6, 6.07) is 13.4. The molecule has 7 heteroatoms. The van der Waals surface area contributed by atoms with Crippen LogP contribution in [-0.4, -0.2) is 15.1 Å². The minimum atomic E-state index is 0.251. The van der Waals surface area contributed by atoms with E-state index in [0.29, 0.717) is 0 Å². The van der Waals surface area contributed by atoms with Gasteiger partial charge >= 0.3 is 0 Å². The molecule has 0 unspecified atom stereocenters. The number of pyridine rings is 1. The van der Waals surface area contributed by atoms with Gasteiger partial charge < -0.3 is 16.4 Å². The summed E-state index contributed by atoms with van der Waals surface area (Å²) in [5, 5.41) is 9.19. The number of hydrogen-bond acceptors (Lipinski definition) is 5. The van der Waals surface area contributed by atoms with Gasteiger partial charge in [-0.05, 0) is 48.6 Å². The fourth-order valence-corrected chi connectivity index (χ4v) is 2.71. The van der Waals surface area contributed by atoms with Gasteiger partial charge in [0.1, 0.15) is 5.69 Å². The second-order valence-electron chi connectivity index (χ2n) is 4.44. The monoisotopic (exact) mass is 327 g/mol. The summed E-state index contributed by atoms with van der Waals surface area (Å²) >= 11 is 6.34. The van der Waals surface area contributed by atoms with Gasteiger partial charge in [-0.1, -0.05) is 6.07 Å². The second-order valence-corrected chi connectivity index (χ2v) is 5.74. The van der Waals surface area contributed by atoms with Gasteiger partial charge in [0.25, 0.3) is 0 Å². The van der Waals surface area contributed by atoms with Crippen molar-refractivity contribution in [3.63, 3.8) is 0 Å². The first-order valence-corrected chi connectivity index (χ1v) is 7.80. The van der Waals surface area contributed by atoms with Crippen molar-refractivity contribution >= 4 is 45.2 Å². The van der Waals surface area contributed by atoms with Gasteiger partial charge in [-0.2, -0.15) is 0 Å². The third kappa shape index (κ3) is 3.57.